The lowest BCUT2D eigenvalue weighted by Gasteiger charge is -2.08. The van der Waals surface area contributed by atoms with Crippen molar-refractivity contribution in [2.45, 2.75) is 19.4 Å². The van der Waals surface area contributed by atoms with Gasteiger partial charge in [0.2, 0.25) is 5.91 Å². The van der Waals surface area contributed by atoms with E-state index in [9.17, 15) is 4.79 Å². The predicted molar refractivity (Wildman–Crippen MR) is 61.0 cm³/mol. The number of pyridine rings is 1. The number of aromatic nitrogens is 1. The number of rotatable bonds is 6. The van der Waals surface area contributed by atoms with Crippen molar-refractivity contribution in [3.05, 3.63) is 24.5 Å². The molecule has 0 fully saturated rings. The van der Waals surface area contributed by atoms with Gasteiger partial charge in [0, 0.05) is 18.8 Å². The van der Waals surface area contributed by atoms with Crippen molar-refractivity contribution in [2.75, 3.05) is 13.2 Å². The van der Waals surface area contributed by atoms with Gasteiger partial charge < -0.3 is 15.8 Å². The molecule has 0 aromatic carbocycles. The first-order chi connectivity index (χ1) is 7.68. The number of nitrogens with two attached hydrogens (primary N) is 1. The van der Waals surface area contributed by atoms with Crippen LogP contribution in [0.4, 0.5) is 0 Å². The molecule has 0 saturated carbocycles. The molecular weight excluding hydrogens is 206 g/mol. The van der Waals surface area contributed by atoms with E-state index in [1.807, 2.05) is 6.92 Å². The summed E-state index contributed by atoms with van der Waals surface area (Å²) in [7, 11) is 0. The van der Waals surface area contributed by atoms with E-state index in [1.54, 1.807) is 24.5 Å². The lowest BCUT2D eigenvalue weighted by atomic mass is 10.3. The van der Waals surface area contributed by atoms with Crippen LogP contribution in [0.2, 0.25) is 0 Å². The Labute approximate surface area is 95.0 Å². The zero-order chi connectivity index (χ0) is 11.8. The van der Waals surface area contributed by atoms with Crippen molar-refractivity contribution in [1.29, 1.82) is 0 Å². The van der Waals surface area contributed by atoms with Crippen LogP contribution in [0.5, 0.6) is 5.75 Å². The van der Waals surface area contributed by atoms with Gasteiger partial charge in [-0.15, -0.1) is 0 Å². The first-order valence-corrected chi connectivity index (χ1v) is 5.23. The summed E-state index contributed by atoms with van der Waals surface area (Å²) in [6.45, 7) is 2.68. The maximum atomic E-state index is 11.3. The molecule has 0 saturated heterocycles. The van der Waals surface area contributed by atoms with Gasteiger partial charge in [-0.05, 0) is 19.1 Å². The third-order valence-corrected chi connectivity index (χ3v) is 1.85. The minimum atomic E-state index is -0.0545. The summed E-state index contributed by atoms with van der Waals surface area (Å²) < 4.78 is 5.33. The number of carbonyl (C=O) groups excluding carboxylic acids is 1. The summed E-state index contributed by atoms with van der Waals surface area (Å²) in [5, 5.41) is 2.71. The van der Waals surface area contributed by atoms with Crippen molar-refractivity contribution in [3.8, 4) is 5.75 Å². The van der Waals surface area contributed by atoms with Crippen LogP contribution in [0, 0.1) is 0 Å². The molecule has 1 aromatic rings. The Bertz CT molecular complexity index is 314. The highest BCUT2D eigenvalue weighted by molar-refractivity contribution is 5.76. The summed E-state index contributed by atoms with van der Waals surface area (Å²) >= 11 is 0. The second-order valence-electron chi connectivity index (χ2n) is 3.57. The molecule has 5 nitrogen and oxygen atoms in total. The Balaban J connectivity index is 2.13. The van der Waals surface area contributed by atoms with E-state index < -0.39 is 0 Å². The molecule has 0 aliphatic carbocycles. The molecule has 1 atom stereocenters. The summed E-state index contributed by atoms with van der Waals surface area (Å²) in [6, 6.07) is 3.56. The molecule has 1 rings (SSSR count). The molecule has 0 bridgehead atoms. The molecule has 3 N–H and O–H groups in total. The molecule has 1 heterocycles. The molecule has 0 aliphatic rings. The first-order valence-electron chi connectivity index (χ1n) is 5.23. The molecule has 0 aliphatic heterocycles. The Hall–Kier alpha value is -1.62. The van der Waals surface area contributed by atoms with E-state index in [0.29, 0.717) is 25.3 Å². The van der Waals surface area contributed by atoms with Crippen LogP contribution >= 0.6 is 0 Å². The Kier molecular flexibility index (Phi) is 5.28. The van der Waals surface area contributed by atoms with E-state index in [2.05, 4.69) is 10.3 Å². The quantitative estimate of drug-likeness (QED) is 0.727. The van der Waals surface area contributed by atoms with Crippen molar-refractivity contribution < 1.29 is 9.53 Å². The number of hydrogen-bond donors (Lipinski definition) is 2. The topological polar surface area (TPSA) is 77.2 Å². The monoisotopic (exact) mass is 223 g/mol. The van der Waals surface area contributed by atoms with Gasteiger partial charge in [-0.1, -0.05) is 0 Å². The van der Waals surface area contributed by atoms with Crippen molar-refractivity contribution in [1.82, 2.24) is 10.3 Å². The zero-order valence-corrected chi connectivity index (χ0v) is 9.35. The standard InChI is InChI=1S/C11H17N3O2/c1-9(12)7-14-11(15)4-6-16-10-3-2-5-13-8-10/h2-3,5,8-9H,4,6-7,12H2,1H3,(H,14,15). The van der Waals surface area contributed by atoms with E-state index in [1.165, 1.54) is 0 Å². The SMILES string of the molecule is CC(N)CNC(=O)CCOc1cccnc1. The fourth-order valence-corrected chi connectivity index (χ4v) is 1.06. The van der Waals surface area contributed by atoms with Crippen LogP contribution in [0.1, 0.15) is 13.3 Å². The number of carbonyl (C=O) groups is 1. The third-order valence-electron chi connectivity index (χ3n) is 1.85. The Morgan fingerprint density at radius 2 is 2.50 bits per heavy atom. The van der Waals surface area contributed by atoms with Crippen molar-refractivity contribution in [3.63, 3.8) is 0 Å². The zero-order valence-electron chi connectivity index (χ0n) is 9.35. The molecule has 1 aromatic heterocycles. The minimum Gasteiger partial charge on any atom is -0.491 e. The van der Waals surface area contributed by atoms with E-state index in [-0.39, 0.29) is 11.9 Å². The minimum absolute atomic E-state index is 0.0248. The lowest BCUT2D eigenvalue weighted by Crippen LogP contribution is -2.35. The van der Waals surface area contributed by atoms with Gasteiger partial charge in [-0.25, -0.2) is 0 Å². The highest BCUT2D eigenvalue weighted by Crippen LogP contribution is 2.05. The predicted octanol–water partition coefficient (Wildman–Crippen LogP) is 0.314. The smallest absolute Gasteiger partial charge is 0.223 e. The van der Waals surface area contributed by atoms with Gasteiger partial charge in [-0.3, -0.25) is 9.78 Å². The van der Waals surface area contributed by atoms with Crippen LogP contribution in [0.25, 0.3) is 0 Å². The van der Waals surface area contributed by atoms with Gasteiger partial charge in [-0.2, -0.15) is 0 Å². The fourth-order valence-electron chi connectivity index (χ4n) is 1.06. The number of nitrogens with zero attached hydrogens (tertiary/aromatic N) is 1. The van der Waals surface area contributed by atoms with Crippen molar-refractivity contribution in [2.24, 2.45) is 5.73 Å². The van der Waals surface area contributed by atoms with Crippen LogP contribution < -0.4 is 15.8 Å². The number of nitrogens with one attached hydrogen (secondary N) is 1. The average Bonchev–Trinajstić information content (AvgIpc) is 2.28. The average molecular weight is 223 g/mol. The number of amides is 1. The summed E-state index contributed by atoms with van der Waals surface area (Å²) in [4.78, 5) is 15.2. The van der Waals surface area contributed by atoms with Crippen LogP contribution in [0.15, 0.2) is 24.5 Å². The highest BCUT2D eigenvalue weighted by Gasteiger charge is 2.02. The van der Waals surface area contributed by atoms with E-state index in [4.69, 9.17) is 10.5 Å². The normalized spacial score (nSPS) is 11.9. The van der Waals surface area contributed by atoms with Gasteiger partial charge in [0.25, 0.3) is 0 Å². The molecular formula is C11H17N3O2. The molecule has 1 unspecified atom stereocenters. The summed E-state index contributed by atoms with van der Waals surface area (Å²) in [5.74, 6) is 0.615. The summed E-state index contributed by atoms with van der Waals surface area (Å²) in [6.07, 6.45) is 3.60. The van der Waals surface area contributed by atoms with Crippen LogP contribution in [0.3, 0.4) is 0 Å². The number of ether oxygens (including phenoxy) is 1. The van der Waals surface area contributed by atoms with Gasteiger partial charge >= 0.3 is 0 Å². The lowest BCUT2D eigenvalue weighted by molar-refractivity contribution is -0.121. The van der Waals surface area contributed by atoms with Gasteiger partial charge in [0.1, 0.15) is 5.75 Å². The molecule has 5 heteroatoms. The first kappa shape index (κ1) is 12.4. The molecule has 0 spiro atoms. The molecule has 16 heavy (non-hydrogen) atoms. The Morgan fingerprint density at radius 1 is 1.69 bits per heavy atom. The van der Waals surface area contributed by atoms with E-state index in [0.717, 1.165) is 0 Å². The summed E-state index contributed by atoms with van der Waals surface area (Å²) in [5.41, 5.74) is 5.51. The maximum Gasteiger partial charge on any atom is 0.223 e. The molecule has 1 amide bonds. The van der Waals surface area contributed by atoms with E-state index >= 15 is 0 Å². The fraction of sp³-hybridized carbons (Fsp3) is 0.455. The van der Waals surface area contributed by atoms with Crippen LogP contribution in [-0.4, -0.2) is 30.1 Å². The highest BCUT2D eigenvalue weighted by atomic mass is 16.5. The molecule has 88 valence electrons. The largest absolute Gasteiger partial charge is 0.491 e. The second kappa shape index (κ2) is 6.79. The van der Waals surface area contributed by atoms with Gasteiger partial charge in [0.05, 0.1) is 19.2 Å². The Morgan fingerprint density at radius 3 is 3.12 bits per heavy atom. The second-order valence-corrected chi connectivity index (χ2v) is 3.57. The van der Waals surface area contributed by atoms with Crippen LogP contribution in [-0.2, 0) is 4.79 Å². The van der Waals surface area contributed by atoms with Gasteiger partial charge in [0.15, 0.2) is 0 Å². The van der Waals surface area contributed by atoms with Crippen molar-refractivity contribution >= 4 is 5.91 Å². The molecule has 0 radical (unpaired) electrons. The maximum absolute atomic E-state index is 11.3. The number of hydrogen-bond acceptors (Lipinski definition) is 4. The third kappa shape index (κ3) is 5.31.